The molecule has 0 radical (unpaired) electrons. The van der Waals surface area contributed by atoms with Crippen molar-refractivity contribution in [3.8, 4) is 23.7 Å². The second-order valence-electron chi connectivity index (χ2n) is 6.58. The maximum Gasteiger partial charge on any atom is 0.306 e. The van der Waals surface area contributed by atoms with E-state index >= 15 is 0 Å². The number of carbonyl (C=O) groups is 1. The summed E-state index contributed by atoms with van der Waals surface area (Å²) in [5.74, 6) is 11.0. The Hall–Kier alpha value is -1.75. The maximum atomic E-state index is 11.1. The van der Waals surface area contributed by atoms with E-state index in [1.54, 1.807) is 6.92 Å². The zero-order valence-corrected chi connectivity index (χ0v) is 19.5. The Balaban J connectivity index is 3.71. The van der Waals surface area contributed by atoms with Crippen LogP contribution in [0.5, 0.6) is 0 Å². The number of hydrogen-bond donors (Lipinski definition) is 1. The molecule has 0 spiro atoms. The number of carbonyl (C=O) groups excluding carboxylic acids is 1. The molecule has 0 aromatic heterocycles. The molecule has 160 valence electrons. The minimum absolute atomic E-state index is 0.215. The topological polar surface area (TPSA) is 46.5 Å². The summed E-state index contributed by atoms with van der Waals surface area (Å²) in [6, 6.07) is 0. The van der Waals surface area contributed by atoms with Crippen LogP contribution in [-0.4, -0.2) is 23.8 Å². The second kappa shape index (κ2) is 21.0. The molecule has 3 nitrogen and oxygen atoms in total. The summed E-state index contributed by atoms with van der Waals surface area (Å²) < 4.78 is 5.77. The Morgan fingerprint density at radius 2 is 1.90 bits per heavy atom. The highest BCUT2D eigenvalue weighted by molar-refractivity contribution is 9.11. The Kier molecular flexibility index (Phi) is 19.7. The summed E-state index contributed by atoms with van der Waals surface area (Å²) >= 11 is 3.47. The predicted molar refractivity (Wildman–Crippen MR) is 125 cm³/mol. The van der Waals surface area contributed by atoms with Gasteiger partial charge in [-0.3, -0.25) is 4.79 Å². The number of unbranched alkanes of at least 4 members (excludes halogenated alkanes) is 5. The number of hydrogen-bond acceptors (Lipinski definition) is 3. The highest BCUT2D eigenvalue weighted by atomic mass is 79.9. The lowest BCUT2D eigenvalue weighted by Gasteiger charge is -2.05. The third-order valence-corrected chi connectivity index (χ3v) is 4.42. The Morgan fingerprint density at radius 3 is 2.66 bits per heavy atom. The van der Waals surface area contributed by atoms with E-state index in [4.69, 9.17) is 4.74 Å². The summed E-state index contributed by atoms with van der Waals surface area (Å²) in [7, 11) is 0. The van der Waals surface area contributed by atoms with E-state index in [1.807, 2.05) is 18.2 Å². The second-order valence-corrected chi connectivity index (χ2v) is 7.50. The van der Waals surface area contributed by atoms with Gasteiger partial charge in [0.15, 0.2) is 0 Å². The molecule has 1 N–H and O–H groups in total. The Morgan fingerprint density at radius 1 is 1.10 bits per heavy atom. The van der Waals surface area contributed by atoms with Gasteiger partial charge in [0, 0.05) is 10.9 Å². The molecule has 0 saturated heterocycles. The molecule has 1 atom stereocenters. The fourth-order valence-electron chi connectivity index (χ4n) is 2.38. The quantitative estimate of drug-likeness (QED) is 0.144. The molecule has 0 aliphatic heterocycles. The van der Waals surface area contributed by atoms with Crippen molar-refractivity contribution in [1.82, 2.24) is 0 Å². The normalized spacial score (nSPS) is 12.3. The monoisotopic (exact) mass is 462 g/mol. The van der Waals surface area contributed by atoms with Crippen molar-refractivity contribution < 1.29 is 14.6 Å². The molecule has 29 heavy (non-hydrogen) atoms. The molecule has 0 bridgehead atoms. The van der Waals surface area contributed by atoms with Gasteiger partial charge in [-0.05, 0) is 56.6 Å². The SMILES string of the molecule is CCC/C=C\C(Br)=C/C(O)CCCCCC/C=C/C#CC#CCCC(=O)OCC. The molecule has 0 heterocycles. The van der Waals surface area contributed by atoms with Crippen LogP contribution < -0.4 is 0 Å². The van der Waals surface area contributed by atoms with Crippen LogP contribution in [0.15, 0.2) is 34.9 Å². The Bertz CT molecular complexity index is 638. The van der Waals surface area contributed by atoms with Gasteiger partial charge in [-0.25, -0.2) is 0 Å². The molecule has 0 amide bonds. The van der Waals surface area contributed by atoms with Crippen molar-refractivity contribution >= 4 is 21.9 Å². The number of halogens is 1. The van der Waals surface area contributed by atoms with Crippen molar-refractivity contribution in [2.75, 3.05) is 6.61 Å². The molecule has 0 aromatic rings. The number of allylic oxidation sites excluding steroid dienone is 5. The first-order valence-corrected chi connectivity index (χ1v) is 11.4. The van der Waals surface area contributed by atoms with Gasteiger partial charge < -0.3 is 9.84 Å². The summed E-state index contributed by atoms with van der Waals surface area (Å²) in [5, 5.41) is 10.0. The average Bonchev–Trinajstić information content (AvgIpc) is 2.68. The zero-order chi connectivity index (χ0) is 21.6. The third-order valence-electron chi connectivity index (χ3n) is 3.89. The lowest BCUT2D eigenvalue weighted by molar-refractivity contribution is -0.142. The van der Waals surface area contributed by atoms with Gasteiger partial charge in [0.05, 0.1) is 19.1 Å². The summed E-state index contributed by atoms with van der Waals surface area (Å²) in [6.07, 6.45) is 18.7. The van der Waals surface area contributed by atoms with Gasteiger partial charge in [-0.15, -0.1) is 0 Å². The molecule has 0 rings (SSSR count). The Labute approximate surface area is 185 Å². The van der Waals surface area contributed by atoms with Crippen LogP contribution in [0.3, 0.4) is 0 Å². The van der Waals surface area contributed by atoms with Crippen LogP contribution in [-0.2, 0) is 9.53 Å². The smallest absolute Gasteiger partial charge is 0.306 e. The van der Waals surface area contributed by atoms with Crippen LogP contribution >= 0.6 is 15.9 Å². The molecule has 4 heteroatoms. The fraction of sp³-hybridized carbons (Fsp3) is 0.560. The minimum atomic E-state index is -0.385. The molecular weight excluding hydrogens is 428 g/mol. The van der Waals surface area contributed by atoms with Crippen molar-refractivity contribution in [1.29, 1.82) is 0 Å². The van der Waals surface area contributed by atoms with Gasteiger partial charge >= 0.3 is 5.97 Å². The molecule has 0 aromatic carbocycles. The number of ether oxygens (including phenoxy) is 1. The van der Waals surface area contributed by atoms with E-state index in [0.29, 0.717) is 19.4 Å². The third kappa shape index (κ3) is 20.8. The van der Waals surface area contributed by atoms with E-state index in [9.17, 15) is 9.90 Å². The molecule has 0 saturated carbocycles. The van der Waals surface area contributed by atoms with Gasteiger partial charge in [0.1, 0.15) is 0 Å². The van der Waals surface area contributed by atoms with Crippen molar-refractivity contribution in [3.05, 3.63) is 34.9 Å². The number of rotatable bonds is 14. The first-order valence-electron chi connectivity index (χ1n) is 10.6. The molecular formula is C25H35BrO3. The molecule has 0 fully saturated rings. The first-order chi connectivity index (χ1) is 14.1. The van der Waals surface area contributed by atoms with E-state index in [1.165, 1.54) is 0 Å². The first kappa shape index (κ1) is 27.2. The maximum absolute atomic E-state index is 11.1. The van der Waals surface area contributed by atoms with Crippen molar-refractivity contribution in [2.24, 2.45) is 0 Å². The summed E-state index contributed by atoms with van der Waals surface area (Å²) in [6.45, 7) is 4.34. The van der Waals surface area contributed by atoms with Gasteiger partial charge in [0.2, 0.25) is 0 Å². The number of aliphatic hydroxyl groups is 1. The van der Waals surface area contributed by atoms with Crippen LogP contribution in [0.4, 0.5) is 0 Å². The summed E-state index contributed by atoms with van der Waals surface area (Å²) in [5.41, 5.74) is 0. The van der Waals surface area contributed by atoms with Crippen molar-refractivity contribution in [3.63, 3.8) is 0 Å². The lowest BCUT2D eigenvalue weighted by atomic mass is 10.1. The van der Waals surface area contributed by atoms with Gasteiger partial charge in [-0.1, -0.05) is 78.6 Å². The number of esters is 1. The standard InChI is InChI=1S/C25H35BrO3/c1-3-5-16-19-23(26)22-24(27)20-17-14-12-10-8-6-7-9-11-13-15-18-21-25(28)29-4-2/h6-7,16,19,22,24,27H,3-5,8,10,12,14,17-18,20-21H2,1-2H3/b7-6+,19-16-,23-22+. The lowest BCUT2D eigenvalue weighted by Crippen LogP contribution is -2.02. The molecule has 0 aliphatic rings. The fourth-order valence-corrected chi connectivity index (χ4v) is 2.87. The van der Waals surface area contributed by atoms with Crippen LogP contribution in [0.25, 0.3) is 0 Å². The van der Waals surface area contributed by atoms with E-state index in [0.717, 1.165) is 55.8 Å². The van der Waals surface area contributed by atoms with Crippen molar-refractivity contribution in [2.45, 2.75) is 84.2 Å². The zero-order valence-electron chi connectivity index (χ0n) is 17.9. The highest BCUT2D eigenvalue weighted by Crippen LogP contribution is 2.13. The van der Waals surface area contributed by atoms with E-state index in [2.05, 4.69) is 58.7 Å². The number of aliphatic hydroxyl groups excluding tert-OH is 1. The van der Waals surface area contributed by atoms with Crippen LogP contribution in [0.1, 0.15) is 78.1 Å². The molecule has 1 unspecified atom stereocenters. The van der Waals surface area contributed by atoms with E-state index in [-0.39, 0.29) is 12.1 Å². The summed E-state index contributed by atoms with van der Waals surface area (Å²) in [4.78, 5) is 11.1. The van der Waals surface area contributed by atoms with E-state index < -0.39 is 0 Å². The largest absolute Gasteiger partial charge is 0.466 e. The van der Waals surface area contributed by atoms with Crippen LogP contribution in [0.2, 0.25) is 0 Å². The molecule has 0 aliphatic carbocycles. The average molecular weight is 463 g/mol. The van der Waals surface area contributed by atoms with Gasteiger partial charge in [0.25, 0.3) is 0 Å². The van der Waals surface area contributed by atoms with Gasteiger partial charge in [-0.2, -0.15) is 0 Å². The van der Waals surface area contributed by atoms with Crippen LogP contribution in [0, 0.1) is 23.7 Å². The highest BCUT2D eigenvalue weighted by Gasteiger charge is 2.00. The predicted octanol–water partition coefficient (Wildman–Crippen LogP) is 6.23. The minimum Gasteiger partial charge on any atom is -0.466 e.